The number of nitrogen functional groups attached to an aromatic ring is 1. The SMILES string of the molecule is CCCOC(=O)c1cccc(NC(=O)CSc2nnc(CC)n2N)c1. The molecule has 0 atom stereocenters. The van der Waals surface area contributed by atoms with Crippen LogP contribution in [0.25, 0.3) is 0 Å². The number of rotatable bonds is 8. The van der Waals surface area contributed by atoms with E-state index in [0.29, 0.717) is 35.3 Å². The Kier molecular flexibility index (Phi) is 6.81. The van der Waals surface area contributed by atoms with Crippen molar-refractivity contribution in [3.05, 3.63) is 35.7 Å². The zero-order valence-electron chi connectivity index (χ0n) is 14.2. The number of thioether (sulfide) groups is 1. The molecule has 0 aliphatic carbocycles. The van der Waals surface area contributed by atoms with Crippen LogP contribution in [-0.4, -0.2) is 39.1 Å². The summed E-state index contributed by atoms with van der Waals surface area (Å²) >= 11 is 1.19. The van der Waals surface area contributed by atoms with Crippen molar-refractivity contribution in [1.29, 1.82) is 0 Å². The van der Waals surface area contributed by atoms with Gasteiger partial charge in [0, 0.05) is 12.1 Å². The van der Waals surface area contributed by atoms with Gasteiger partial charge < -0.3 is 15.9 Å². The second kappa shape index (κ2) is 9.07. The Morgan fingerprint density at radius 2 is 2.12 bits per heavy atom. The van der Waals surface area contributed by atoms with Crippen molar-refractivity contribution in [2.24, 2.45) is 0 Å². The molecule has 0 spiro atoms. The van der Waals surface area contributed by atoms with Crippen molar-refractivity contribution in [3.63, 3.8) is 0 Å². The van der Waals surface area contributed by atoms with Gasteiger partial charge in [-0.25, -0.2) is 9.47 Å². The molecule has 0 aliphatic rings. The minimum Gasteiger partial charge on any atom is -0.462 e. The first-order chi connectivity index (χ1) is 12.0. The Balaban J connectivity index is 1.91. The van der Waals surface area contributed by atoms with Crippen molar-refractivity contribution in [3.8, 4) is 0 Å². The molecule has 2 aromatic rings. The molecule has 8 nitrogen and oxygen atoms in total. The van der Waals surface area contributed by atoms with Crippen LogP contribution in [0.15, 0.2) is 29.4 Å². The number of esters is 1. The second-order valence-electron chi connectivity index (χ2n) is 5.18. The lowest BCUT2D eigenvalue weighted by Crippen LogP contribution is -2.17. The number of anilines is 1. The standard InChI is InChI=1S/C16H21N5O3S/c1-3-8-24-15(23)11-6-5-7-12(9-11)18-14(22)10-25-16-20-19-13(4-2)21(16)17/h5-7,9H,3-4,8,10,17H2,1-2H3,(H,18,22). The largest absolute Gasteiger partial charge is 0.462 e. The van der Waals surface area contributed by atoms with E-state index in [2.05, 4.69) is 15.5 Å². The van der Waals surface area contributed by atoms with Gasteiger partial charge in [0.15, 0.2) is 5.82 Å². The van der Waals surface area contributed by atoms with Gasteiger partial charge >= 0.3 is 5.97 Å². The highest BCUT2D eigenvalue weighted by Crippen LogP contribution is 2.16. The van der Waals surface area contributed by atoms with Crippen LogP contribution in [0.4, 0.5) is 5.69 Å². The lowest BCUT2D eigenvalue weighted by atomic mass is 10.2. The highest BCUT2D eigenvalue weighted by molar-refractivity contribution is 7.99. The molecule has 3 N–H and O–H groups in total. The van der Waals surface area contributed by atoms with E-state index in [1.54, 1.807) is 24.3 Å². The molecule has 0 aliphatic heterocycles. The number of nitrogens with two attached hydrogens (primary N) is 1. The van der Waals surface area contributed by atoms with Crippen molar-refractivity contribution in [1.82, 2.24) is 14.9 Å². The molecule has 1 aromatic carbocycles. The fraction of sp³-hybridized carbons (Fsp3) is 0.375. The summed E-state index contributed by atoms with van der Waals surface area (Å²) in [6, 6.07) is 6.63. The van der Waals surface area contributed by atoms with Crippen molar-refractivity contribution in [2.45, 2.75) is 31.8 Å². The van der Waals surface area contributed by atoms with Crippen LogP contribution in [0.2, 0.25) is 0 Å². The normalized spacial score (nSPS) is 10.5. The van der Waals surface area contributed by atoms with Crippen LogP contribution >= 0.6 is 11.8 Å². The highest BCUT2D eigenvalue weighted by Gasteiger charge is 2.12. The Bertz CT molecular complexity index is 747. The first-order valence-electron chi connectivity index (χ1n) is 7.94. The Morgan fingerprint density at radius 3 is 2.80 bits per heavy atom. The summed E-state index contributed by atoms with van der Waals surface area (Å²) in [5, 5.41) is 11.1. The second-order valence-corrected chi connectivity index (χ2v) is 6.12. The van der Waals surface area contributed by atoms with Crippen LogP contribution in [0.3, 0.4) is 0 Å². The van der Waals surface area contributed by atoms with E-state index in [9.17, 15) is 9.59 Å². The molecule has 1 heterocycles. The predicted octanol–water partition coefficient (Wildman–Crippen LogP) is 1.85. The number of carbonyl (C=O) groups is 2. The maximum atomic E-state index is 12.1. The van der Waals surface area contributed by atoms with Crippen LogP contribution in [0.5, 0.6) is 0 Å². The van der Waals surface area contributed by atoms with Gasteiger partial charge in [-0.05, 0) is 24.6 Å². The molecule has 25 heavy (non-hydrogen) atoms. The molecule has 0 radical (unpaired) electrons. The first-order valence-corrected chi connectivity index (χ1v) is 8.92. The van der Waals surface area contributed by atoms with Gasteiger partial charge in [0.05, 0.1) is 17.9 Å². The van der Waals surface area contributed by atoms with Crippen LogP contribution < -0.4 is 11.2 Å². The molecule has 2 rings (SSSR count). The Hall–Kier alpha value is -2.55. The average molecular weight is 363 g/mol. The number of nitrogens with zero attached hydrogens (tertiary/aromatic N) is 3. The molecule has 9 heteroatoms. The number of amides is 1. The minimum absolute atomic E-state index is 0.129. The lowest BCUT2D eigenvalue weighted by Gasteiger charge is -2.07. The predicted molar refractivity (Wildman–Crippen MR) is 95.9 cm³/mol. The van der Waals surface area contributed by atoms with Crippen molar-refractivity contribution < 1.29 is 14.3 Å². The molecule has 0 saturated carbocycles. The number of aromatic nitrogens is 3. The monoisotopic (exact) mass is 363 g/mol. The molecule has 0 bridgehead atoms. The lowest BCUT2D eigenvalue weighted by molar-refractivity contribution is -0.113. The number of aryl methyl sites for hydroxylation is 1. The molecular weight excluding hydrogens is 342 g/mol. The van der Waals surface area contributed by atoms with Gasteiger partial charge in [0.2, 0.25) is 11.1 Å². The maximum Gasteiger partial charge on any atom is 0.338 e. The van der Waals surface area contributed by atoms with E-state index in [1.165, 1.54) is 16.4 Å². The van der Waals surface area contributed by atoms with Gasteiger partial charge in [-0.3, -0.25) is 4.79 Å². The number of benzene rings is 1. The summed E-state index contributed by atoms with van der Waals surface area (Å²) in [6.07, 6.45) is 1.42. The molecule has 0 unspecified atom stereocenters. The van der Waals surface area contributed by atoms with Crippen molar-refractivity contribution in [2.75, 3.05) is 23.5 Å². The zero-order valence-corrected chi connectivity index (χ0v) is 15.0. The summed E-state index contributed by atoms with van der Waals surface area (Å²) in [6.45, 7) is 4.21. The van der Waals surface area contributed by atoms with E-state index < -0.39 is 5.97 Å². The third-order valence-corrected chi connectivity index (χ3v) is 4.15. The minimum atomic E-state index is -0.407. The number of hydrogen-bond acceptors (Lipinski definition) is 7. The van der Waals surface area contributed by atoms with Gasteiger partial charge in [-0.15, -0.1) is 10.2 Å². The maximum absolute atomic E-state index is 12.1. The summed E-state index contributed by atoms with van der Waals surface area (Å²) in [4.78, 5) is 23.9. The number of hydrogen-bond donors (Lipinski definition) is 2. The molecule has 0 fully saturated rings. The Labute approximate surface area is 150 Å². The van der Waals surface area contributed by atoms with Crippen LogP contribution in [0.1, 0.15) is 36.5 Å². The fourth-order valence-electron chi connectivity index (χ4n) is 1.98. The van der Waals surface area contributed by atoms with Gasteiger partial charge in [0.25, 0.3) is 0 Å². The van der Waals surface area contributed by atoms with Gasteiger partial charge in [-0.1, -0.05) is 31.7 Å². The molecule has 1 aromatic heterocycles. The van der Waals surface area contributed by atoms with Crippen LogP contribution in [0, 0.1) is 0 Å². The van der Waals surface area contributed by atoms with E-state index >= 15 is 0 Å². The summed E-state index contributed by atoms with van der Waals surface area (Å²) < 4.78 is 6.46. The third kappa shape index (κ3) is 5.21. The summed E-state index contributed by atoms with van der Waals surface area (Å²) in [7, 11) is 0. The highest BCUT2D eigenvalue weighted by atomic mass is 32.2. The Morgan fingerprint density at radius 1 is 1.32 bits per heavy atom. The van der Waals surface area contributed by atoms with Gasteiger partial charge in [-0.2, -0.15) is 0 Å². The van der Waals surface area contributed by atoms with E-state index in [0.717, 1.165) is 6.42 Å². The van der Waals surface area contributed by atoms with Gasteiger partial charge in [0.1, 0.15) is 0 Å². The summed E-state index contributed by atoms with van der Waals surface area (Å²) in [5.74, 6) is 5.98. The number of ether oxygens (including phenoxy) is 1. The van der Waals surface area contributed by atoms with E-state index in [1.807, 2.05) is 13.8 Å². The number of carbonyl (C=O) groups excluding carboxylic acids is 2. The molecule has 1 amide bonds. The average Bonchev–Trinajstić information content (AvgIpc) is 2.98. The first kappa shape index (κ1) is 18.8. The quantitative estimate of drug-likeness (QED) is 0.418. The third-order valence-electron chi connectivity index (χ3n) is 3.20. The van der Waals surface area contributed by atoms with E-state index in [4.69, 9.17) is 10.6 Å². The van der Waals surface area contributed by atoms with Crippen molar-refractivity contribution >= 4 is 29.3 Å². The fourth-order valence-corrected chi connectivity index (χ4v) is 2.65. The molecule has 0 saturated heterocycles. The number of nitrogens with one attached hydrogen (secondary N) is 1. The zero-order chi connectivity index (χ0) is 18.2. The summed E-state index contributed by atoms with van der Waals surface area (Å²) in [5.41, 5.74) is 0.924. The molecule has 134 valence electrons. The smallest absolute Gasteiger partial charge is 0.338 e. The van der Waals surface area contributed by atoms with Crippen LogP contribution in [-0.2, 0) is 16.0 Å². The van der Waals surface area contributed by atoms with E-state index in [-0.39, 0.29) is 11.7 Å². The topological polar surface area (TPSA) is 112 Å². The molecular formula is C16H21N5O3S.